The van der Waals surface area contributed by atoms with Crippen LogP contribution in [0.25, 0.3) is 11.1 Å². The normalized spacial score (nSPS) is 17.7. The minimum absolute atomic E-state index is 0.179. The van der Waals surface area contributed by atoms with Gasteiger partial charge < -0.3 is 4.90 Å². The van der Waals surface area contributed by atoms with E-state index in [1.165, 1.54) is 0 Å². The molecular weight excluding hydrogens is 458 g/mol. The van der Waals surface area contributed by atoms with Gasteiger partial charge in [-0.1, -0.05) is 61.8 Å². The van der Waals surface area contributed by atoms with Crippen molar-refractivity contribution in [1.82, 2.24) is 9.80 Å². The van der Waals surface area contributed by atoms with Gasteiger partial charge in [0, 0.05) is 36.1 Å². The molecule has 0 unspecified atom stereocenters. The molecule has 0 radical (unpaired) electrons. The second kappa shape index (κ2) is 10.9. The van der Waals surface area contributed by atoms with Crippen LogP contribution in [0.5, 0.6) is 0 Å². The van der Waals surface area contributed by atoms with Gasteiger partial charge in [-0.2, -0.15) is 0 Å². The monoisotopic (exact) mass is 493 g/mol. The van der Waals surface area contributed by atoms with Crippen molar-refractivity contribution in [2.24, 2.45) is 10.9 Å². The summed E-state index contributed by atoms with van der Waals surface area (Å²) in [5.74, 6) is 1.78. The third kappa shape index (κ3) is 5.78. The van der Waals surface area contributed by atoms with E-state index < -0.39 is 5.54 Å². The zero-order chi connectivity index (χ0) is 25.0. The number of hydrogen-bond donors (Lipinski definition) is 0. The number of hydrogen-bond acceptors (Lipinski definition) is 3. The molecule has 186 valence electrons. The molecule has 0 atom stereocenters. The van der Waals surface area contributed by atoms with Crippen LogP contribution in [0.4, 0.5) is 0 Å². The molecule has 1 aliphatic heterocycles. The van der Waals surface area contributed by atoms with Crippen molar-refractivity contribution in [2.45, 2.75) is 64.8 Å². The number of aliphatic imine (C=N–C) groups is 1. The van der Waals surface area contributed by atoms with Crippen molar-refractivity contribution in [1.29, 1.82) is 0 Å². The third-order valence-corrected chi connectivity index (χ3v) is 7.04. The Morgan fingerprint density at radius 1 is 1.03 bits per heavy atom. The van der Waals surface area contributed by atoms with Crippen molar-refractivity contribution in [2.75, 3.05) is 19.6 Å². The summed E-state index contributed by atoms with van der Waals surface area (Å²) in [5, 5.41) is 0.729. The van der Waals surface area contributed by atoms with Crippen LogP contribution < -0.4 is 0 Å². The van der Waals surface area contributed by atoms with Gasteiger partial charge in [0.2, 0.25) is 5.91 Å². The molecule has 2 saturated carbocycles. The zero-order valence-corrected chi connectivity index (χ0v) is 21.9. The first-order chi connectivity index (χ1) is 16.9. The quantitative estimate of drug-likeness (QED) is 0.440. The fraction of sp³-hybridized carbons (Fsp3) is 0.483. The van der Waals surface area contributed by atoms with E-state index in [0.717, 1.165) is 85.7 Å². The molecule has 3 aliphatic rings. The summed E-state index contributed by atoms with van der Waals surface area (Å²) in [4.78, 5) is 32.6. The van der Waals surface area contributed by atoms with E-state index in [0.29, 0.717) is 11.8 Å². The summed E-state index contributed by atoms with van der Waals surface area (Å²) in [7, 11) is 0. The standard InChI is InChI=1S/C20H19ClN2O.C9H17NO/c1-2-12-23-18(22-20(10-11-20)19(23)24)15-8-6-14(7-9-15)16-4-3-5-17(21)13-16;1-3-7-10(4-2)9(11)8-5-6-8/h3-9,13H,2,10-12H2,1H3;8H,3-7H2,1-2H3. The molecule has 1 spiro atoms. The lowest BCUT2D eigenvalue weighted by atomic mass is 10.0. The lowest BCUT2D eigenvalue weighted by Crippen LogP contribution is -2.36. The van der Waals surface area contributed by atoms with Gasteiger partial charge in [-0.05, 0) is 68.7 Å². The van der Waals surface area contributed by atoms with Crippen LogP contribution in [0.15, 0.2) is 53.5 Å². The van der Waals surface area contributed by atoms with Crippen LogP contribution in [0, 0.1) is 5.92 Å². The van der Waals surface area contributed by atoms with E-state index in [1.807, 2.05) is 46.2 Å². The fourth-order valence-electron chi connectivity index (χ4n) is 4.52. The van der Waals surface area contributed by atoms with Crippen LogP contribution in [0.3, 0.4) is 0 Å². The average molecular weight is 494 g/mol. The summed E-state index contributed by atoms with van der Waals surface area (Å²) in [6.07, 6.45) is 6.03. The minimum Gasteiger partial charge on any atom is -0.343 e. The van der Waals surface area contributed by atoms with E-state index in [4.69, 9.17) is 16.6 Å². The molecule has 2 aromatic carbocycles. The van der Waals surface area contributed by atoms with E-state index >= 15 is 0 Å². The molecule has 0 aromatic heterocycles. The van der Waals surface area contributed by atoms with Gasteiger partial charge in [0.1, 0.15) is 11.4 Å². The topological polar surface area (TPSA) is 53.0 Å². The molecule has 5 rings (SSSR count). The number of carbonyl (C=O) groups excluding carboxylic acids is 2. The zero-order valence-electron chi connectivity index (χ0n) is 21.1. The Morgan fingerprint density at radius 2 is 1.71 bits per heavy atom. The summed E-state index contributed by atoms with van der Waals surface area (Å²) >= 11 is 6.07. The molecule has 2 amide bonds. The first kappa shape index (κ1) is 25.4. The predicted molar refractivity (Wildman–Crippen MR) is 143 cm³/mol. The van der Waals surface area contributed by atoms with Crippen molar-refractivity contribution < 1.29 is 9.59 Å². The largest absolute Gasteiger partial charge is 0.343 e. The Morgan fingerprint density at radius 3 is 2.26 bits per heavy atom. The lowest BCUT2D eigenvalue weighted by Gasteiger charge is -2.19. The molecule has 35 heavy (non-hydrogen) atoms. The molecular formula is C29H36ClN3O2. The van der Waals surface area contributed by atoms with Crippen molar-refractivity contribution >= 4 is 29.3 Å². The highest BCUT2D eigenvalue weighted by molar-refractivity contribution is 6.30. The highest BCUT2D eigenvalue weighted by Crippen LogP contribution is 2.46. The summed E-state index contributed by atoms with van der Waals surface area (Å²) < 4.78 is 0. The summed E-state index contributed by atoms with van der Waals surface area (Å²) in [6.45, 7) is 8.80. The Kier molecular flexibility index (Phi) is 7.95. The van der Waals surface area contributed by atoms with Gasteiger partial charge in [0.05, 0.1) is 0 Å². The summed E-state index contributed by atoms with van der Waals surface area (Å²) in [5.41, 5.74) is 2.76. The molecule has 5 nitrogen and oxygen atoms in total. The Balaban J connectivity index is 0.000000221. The van der Waals surface area contributed by atoms with Gasteiger partial charge in [0.15, 0.2) is 0 Å². The number of benzene rings is 2. The van der Waals surface area contributed by atoms with Gasteiger partial charge in [0.25, 0.3) is 5.91 Å². The van der Waals surface area contributed by atoms with Crippen LogP contribution in [0.2, 0.25) is 5.02 Å². The maximum absolute atomic E-state index is 12.6. The Hall–Kier alpha value is -2.66. The van der Waals surface area contributed by atoms with E-state index in [-0.39, 0.29) is 5.91 Å². The molecule has 0 N–H and O–H groups in total. The minimum atomic E-state index is -0.434. The number of carbonyl (C=O) groups is 2. The molecule has 2 aliphatic carbocycles. The molecule has 0 bridgehead atoms. The molecule has 0 saturated heterocycles. The van der Waals surface area contributed by atoms with E-state index in [1.54, 1.807) is 0 Å². The lowest BCUT2D eigenvalue weighted by molar-refractivity contribution is -0.132. The number of nitrogens with zero attached hydrogens (tertiary/aromatic N) is 3. The van der Waals surface area contributed by atoms with E-state index in [2.05, 4.69) is 32.9 Å². The number of amides is 2. The first-order valence-electron chi connectivity index (χ1n) is 13.0. The number of halogens is 1. The Bertz CT molecular complexity index is 1090. The first-order valence-corrected chi connectivity index (χ1v) is 13.4. The van der Waals surface area contributed by atoms with Gasteiger partial charge >= 0.3 is 0 Å². The van der Waals surface area contributed by atoms with Crippen molar-refractivity contribution in [3.8, 4) is 11.1 Å². The maximum Gasteiger partial charge on any atom is 0.256 e. The van der Waals surface area contributed by atoms with Crippen LogP contribution in [-0.4, -0.2) is 52.6 Å². The van der Waals surface area contributed by atoms with Crippen molar-refractivity contribution in [3.63, 3.8) is 0 Å². The van der Waals surface area contributed by atoms with Crippen LogP contribution in [-0.2, 0) is 9.59 Å². The number of rotatable bonds is 8. The van der Waals surface area contributed by atoms with Gasteiger partial charge in [-0.15, -0.1) is 0 Å². The summed E-state index contributed by atoms with van der Waals surface area (Å²) in [6, 6.07) is 16.0. The molecule has 2 fully saturated rings. The average Bonchev–Trinajstić information content (AvgIpc) is 3.79. The molecule has 2 aromatic rings. The second-order valence-electron chi connectivity index (χ2n) is 9.70. The molecule has 1 heterocycles. The maximum atomic E-state index is 12.6. The van der Waals surface area contributed by atoms with Crippen LogP contribution >= 0.6 is 11.6 Å². The highest BCUT2D eigenvalue weighted by Gasteiger charge is 2.57. The van der Waals surface area contributed by atoms with Gasteiger partial charge in [-0.3, -0.25) is 19.5 Å². The smallest absolute Gasteiger partial charge is 0.256 e. The SMILES string of the molecule is CCCN(CC)C(=O)C1CC1.CCCN1C(=O)C2(CC2)N=C1c1ccc(-c2cccc(Cl)c2)cc1. The third-order valence-electron chi connectivity index (χ3n) is 6.80. The fourth-order valence-corrected chi connectivity index (χ4v) is 4.71. The molecule has 6 heteroatoms. The van der Waals surface area contributed by atoms with Crippen molar-refractivity contribution in [3.05, 3.63) is 59.1 Å². The number of amidine groups is 1. The predicted octanol–water partition coefficient (Wildman–Crippen LogP) is 6.19. The van der Waals surface area contributed by atoms with E-state index in [9.17, 15) is 9.59 Å². The Labute approximate surface area is 214 Å². The van der Waals surface area contributed by atoms with Crippen LogP contribution in [0.1, 0.15) is 64.9 Å². The highest BCUT2D eigenvalue weighted by atomic mass is 35.5. The second-order valence-corrected chi connectivity index (χ2v) is 10.1. The van der Waals surface area contributed by atoms with Gasteiger partial charge in [-0.25, -0.2) is 0 Å².